The summed E-state index contributed by atoms with van der Waals surface area (Å²) in [6.07, 6.45) is 7.85. The van der Waals surface area contributed by atoms with E-state index in [4.69, 9.17) is 0 Å². The van der Waals surface area contributed by atoms with Crippen LogP contribution in [0.4, 0.5) is 0 Å². The number of nitrogens with zero attached hydrogens (tertiary/aromatic N) is 2. The van der Waals surface area contributed by atoms with Crippen molar-refractivity contribution in [3.63, 3.8) is 0 Å². The molecule has 4 rings (SSSR count). The van der Waals surface area contributed by atoms with Crippen LogP contribution in [0.2, 0.25) is 0 Å². The maximum Gasteiger partial charge on any atom is 0.239 e. The van der Waals surface area contributed by atoms with Gasteiger partial charge in [0.15, 0.2) is 0 Å². The molecule has 2 unspecified atom stereocenters. The third-order valence-electron chi connectivity index (χ3n) is 6.35. The maximum absolute atomic E-state index is 13.6. The number of halogens is 1. The highest BCUT2D eigenvalue weighted by molar-refractivity contribution is 9.10. The molecule has 166 valence electrons. The molecular formula is C24H31BrN4O2. The van der Waals surface area contributed by atoms with Crippen molar-refractivity contribution in [1.82, 2.24) is 20.2 Å². The third kappa shape index (κ3) is 5.37. The van der Waals surface area contributed by atoms with Crippen LogP contribution in [0.15, 0.2) is 34.9 Å². The van der Waals surface area contributed by atoms with E-state index in [-0.39, 0.29) is 36.2 Å². The van der Waals surface area contributed by atoms with Gasteiger partial charge in [0.2, 0.25) is 11.8 Å². The number of rotatable bonds is 7. The van der Waals surface area contributed by atoms with Crippen molar-refractivity contribution < 1.29 is 9.59 Å². The molecule has 2 saturated carbocycles. The number of benzene rings is 1. The smallest absolute Gasteiger partial charge is 0.239 e. The van der Waals surface area contributed by atoms with Gasteiger partial charge in [0.25, 0.3) is 0 Å². The van der Waals surface area contributed by atoms with Gasteiger partial charge in [-0.1, -0.05) is 40.9 Å². The fourth-order valence-corrected chi connectivity index (χ4v) is 4.70. The molecule has 1 heterocycles. The molecule has 2 aliphatic rings. The summed E-state index contributed by atoms with van der Waals surface area (Å²) in [5.74, 6) is 0.814. The summed E-state index contributed by atoms with van der Waals surface area (Å²) in [4.78, 5) is 35.9. The number of amides is 2. The fraction of sp³-hybridized carbons (Fsp3) is 0.542. The van der Waals surface area contributed by atoms with Crippen LogP contribution < -0.4 is 5.32 Å². The molecule has 0 radical (unpaired) electrons. The SMILES string of the molecule is CC(C)N(CC(=O)NC1CC1)C(=O)C1CCCCC1c1ncc(-c2ccc(Br)cc2)[nH]1. The first-order chi connectivity index (χ1) is 14.9. The highest BCUT2D eigenvalue weighted by atomic mass is 79.9. The van der Waals surface area contributed by atoms with E-state index in [0.717, 1.165) is 60.1 Å². The van der Waals surface area contributed by atoms with Crippen molar-refractivity contribution in [1.29, 1.82) is 0 Å². The van der Waals surface area contributed by atoms with Gasteiger partial charge in [-0.25, -0.2) is 4.98 Å². The Morgan fingerprint density at radius 1 is 1.16 bits per heavy atom. The lowest BCUT2D eigenvalue weighted by atomic mass is 9.77. The highest BCUT2D eigenvalue weighted by Crippen LogP contribution is 2.38. The lowest BCUT2D eigenvalue weighted by Crippen LogP contribution is -2.48. The van der Waals surface area contributed by atoms with Crippen LogP contribution in [0.3, 0.4) is 0 Å². The van der Waals surface area contributed by atoms with Gasteiger partial charge in [-0.15, -0.1) is 0 Å². The number of aromatic amines is 1. The number of carbonyl (C=O) groups excluding carboxylic acids is 2. The van der Waals surface area contributed by atoms with E-state index in [9.17, 15) is 9.59 Å². The van der Waals surface area contributed by atoms with E-state index in [1.54, 1.807) is 4.90 Å². The second kappa shape index (κ2) is 9.55. The standard InChI is InChI=1S/C24H31BrN4O2/c1-15(2)29(14-22(30)27-18-11-12-18)24(31)20-6-4-3-5-19(20)23-26-13-21(28-23)16-7-9-17(25)10-8-16/h7-10,13,15,18-20H,3-6,11-12,14H2,1-2H3,(H,26,28)(H,27,30). The molecule has 7 heteroatoms. The van der Waals surface area contributed by atoms with Crippen molar-refractivity contribution in [3.8, 4) is 11.3 Å². The van der Waals surface area contributed by atoms with Crippen molar-refractivity contribution in [3.05, 3.63) is 40.8 Å². The average molecular weight is 487 g/mol. The first kappa shape index (κ1) is 22.1. The predicted molar refractivity (Wildman–Crippen MR) is 124 cm³/mol. The molecule has 2 amide bonds. The second-order valence-electron chi connectivity index (χ2n) is 9.09. The Bertz CT molecular complexity index is 920. The summed E-state index contributed by atoms with van der Waals surface area (Å²) in [6.45, 7) is 4.11. The molecule has 0 aliphatic heterocycles. The molecule has 2 aromatic rings. The molecule has 0 saturated heterocycles. The fourth-order valence-electron chi connectivity index (χ4n) is 4.44. The van der Waals surface area contributed by atoms with Crippen LogP contribution >= 0.6 is 15.9 Å². The van der Waals surface area contributed by atoms with Crippen molar-refractivity contribution in [2.75, 3.05) is 6.54 Å². The van der Waals surface area contributed by atoms with Crippen molar-refractivity contribution >= 4 is 27.7 Å². The zero-order chi connectivity index (χ0) is 22.0. The van der Waals surface area contributed by atoms with E-state index in [0.29, 0.717) is 6.04 Å². The zero-order valence-corrected chi connectivity index (χ0v) is 19.8. The van der Waals surface area contributed by atoms with Gasteiger partial charge in [0.1, 0.15) is 5.82 Å². The molecular weight excluding hydrogens is 456 g/mol. The first-order valence-electron chi connectivity index (χ1n) is 11.3. The molecule has 31 heavy (non-hydrogen) atoms. The van der Waals surface area contributed by atoms with Crippen LogP contribution in [0.1, 0.15) is 64.1 Å². The van der Waals surface area contributed by atoms with E-state index in [1.807, 2.05) is 44.3 Å². The minimum atomic E-state index is -0.145. The minimum absolute atomic E-state index is 0.0186. The summed E-state index contributed by atoms with van der Waals surface area (Å²) >= 11 is 3.47. The Morgan fingerprint density at radius 2 is 1.87 bits per heavy atom. The van der Waals surface area contributed by atoms with Gasteiger partial charge >= 0.3 is 0 Å². The molecule has 2 fully saturated rings. The number of H-pyrrole nitrogens is 1. The third-order valence-corrected chi connectivity index (χ3v) is 6.88. The normalized spacial score (nSPS) is 21.2. The van der Waals surface area contributed by atoms with Crippen molar-refractivity contribution in [2.45, 2.75) is 70.4 Å². The van der Waals surface area contributed by atoms with Gasteiger partial charge in [-0.2, -0.15) is 0 Å². The number of hydrogen-bond acceptors (Lipinski definition) is 3. The summed E-state index contributed by atoms with van der Waals surface area (Å²) in [5.41, 5.74) is 2.03. The Hall–Kier alpha value is -2.15. The van der Waals surface area contributed by atoms with Crippen LogP contribution in [-0.4, -0.2) is 45.3 Å². The number of carbonyl (C=O) groups is 2. The maximum atomic E-state index is 13.6. The Labute approximate surface area is 192 Å². The molecule has 1 aromatic carbocycles. The lowest BCUT2D eigenvalue weighted by Gasteiger charge is -2.35. The predicted octanol–water partition coefficient (Wildman–Crippen LogP) is 4.63. The van der Waals surface area contributed by atoms with E-state index < -0.39 is 0 Å². The average Bonchev–Trinajstić information content (AvgIpc) is 3.43. The van der Waals surface area contributed by atoms with Gasteiger partial charge < -0.3 is 15.2 Å². The quantitative estimate of drug-likeness (QED) is 0.598. The first-order valence-corrected chi connectivity index (χ1v) is 12.1. The van der Waals surface area contributed by atoms with E-state index in [1.165, 1.54) is 0 Å². The minimum Gasteiger partial charge on any atom is -0.352 e. The number of nitrogens with one attached hydrogen (secondary N) is 2. The van der Waals surface area contributed by atoms with Crippen LogP contribution in [0.5, 0.6) is 0 Å². The highest BCUT2D eigenvalue weighted by Gasteiger charge is 2.37. The second-order valence-corrected chi connectivity index (χ2v) is 10.0. The summed E-state index contributed by atoms with van der Waals surface area (Å²) in [5, 5.41) is 3.01. The van der Waals surface area contributed by atoms with Crippen molar-refractivity contribution in [2.24, 2.45) is 5.92 Å². The largest absolute Gasteiger partial charge is 0.352 e. The topological polar surface area (TPSA) is 78.1 Å². The van der Waals surface area contributed by atoms with Crippen LogP contribution in [0, 0.1) is 5.92 Å². The zero-order valence-electron chi connectivity index (χ0n) is 18.2. The summed E-state index contributed by atoms with van der Waals surface area (Å²) in [7, 11) is 0. The van der Waals surface area contributed by atoms with E-state index in [2.05, 4.69) is 31.2 Å². The van der Waals surface area contributed by atoms with Crippen LogP contribution in [-0.2, 0) is 9.59 Å². The molecule has 2 aliphatic carbocycles. The number of hydrogen-bond donors (Lipinski definition) is 2. The molecule has 2 atom stereocenters. The van der Waals surface area contributed by atoms with Gasteiger partial charge in [-0.05, 0) is 57.2 Å². The molecule has 6 nitrogen and oxygen atoms in total. The van der Waals surface area contributed by atoms with Crippen LogP contribution in [0.25, 0.3) is 11.3 Å². The summed E-state index contributed by atoms with van der Waals surface area (Å²) in [6, 6.07) is 8.40. The van der Waals surface area contributed by atoms with Gasteiger partial charge in [0.05, 0.1) is 18.4 Å². The Balaban J connectivity index is 1.51. The Morgan fingerprint density at radius 3 is 2.55 bits per heavy atom. The summed E-state index contributed by atoms with van der Waals surface area (Å²) < 4.78 is 1.04. The number of imidazole rings is 1. The monoisotopic (exact) mass is 486 g/mol. The lowest BCUT2D eigenvalue weighted by molar-refractivity contribution is -0.142. The Kier molecular flexibility index (Phi) is 6.80. The molecule has 0 spiro atoms. The van der Waals surface area contributed by atoms with Gasteiger partial charge in [0, 0.05) is 28.4 Å². The molecule has 0 bridgehead atoms. The molecule has 1 aromatic heterocycles. The van der Waals surface area contributed by atoms with Gasteiger partial charge in [-0.3, -0.25) is 9.59 Å². The number of aromatic nitrogens is 2. The van der Waals surface area contributed by atoms with E-state index >= 15 is 0 Å². The molecule has 2 N–H and O–H groups in total.